The lowest BCUT2D eigenvalue weighted by Crippen LogP contribution is -2.45. The molecular formula is C15H31N5. The molecule has 0 unspecified atom stereocenters. The monoisotopic (exact) mass is 281 g/mol. The molecule has 2 aliphatic heterocycles. The number of allylic oxidation sites excluding steroid dienone is 1. The molecule has 1 fully saturated rings. The van der Waals surface area contributed by atoms with E-state index < -0.39 is 0 Å². The molecule has 2 heterocycles. The van der Waals surface area contributed by atoms with Crippen molar-refractivity contribution in [2.75, 3.05) is 39.3 Å². The van der Waals surface area contributed by atoms with Crippen LogP contribution in [0.4, 0.5) is 0 Å². The summed E-state index contributed by atoms with van der Waals surface area (Å²) in [5, 5.41) is 17.9. The van der Waals surface area contributed by atoms with E-state index in [2.05, 4.69) is 46.5 Å². The molecular weight excluding hydrogens is 250 g/mol. The van der Waals surface area contributed by atoms with Crippen molar-refractivity contribution in [1.29, 1.82) is 0 Å². The predicted molar refractivity (Wildman–Crippen MR) is 84.9 cm³/mol. The van der Waals surface area contributed by atoms with E-state index in [-0.39, 0.29) is 0 Å². The van der Waals surface area contributed by atoms with Gasteiger partial charge in [-0.15, -0.1) is 0 Å². The van der Waals surface area contributed by atoms with Crippen molar-refractivity contribution in [2.45, 2.75) is 44.8 Å². The van der Waals surface area contributed by atoms with Crippen molar-refractivity contribution in [1.82, 2.24) is 26.6 Å². The van der Waals surface area contributed by atoms with Gasteiger partial charge in [0.1, 0.15) is 0 Å². The Morgan fingerprint density at radius 3 is 2.40 bits per heavy atom. The maximum absolute atomic E-state index is 3.65. The highest BCUT2D eigenvalue weighted by molar-refractivity contribution is 5.07. The van der Waals surface area contributed by atoms with Crippen LogP contribution in [0.2, 0.25) is 0 Å². The average Bonchev–Trinajstić information content (AvgIpc) is 2.44. The Balaban J connectivity index is 1.84. The summed E-state index contributed by atoms with van der Waals surface area (Å²) in [5.41, 5.74) is 1.36. The number of fused-ring (bicyclic) bond motifs is 2. The van der Waals surface area contributed by atoms with Gasteiger partial charge in [-0.05, 0) is 26.7 Å². The van der Waals surface area contributed by atoms with E-state index in [1.165, 1.54) is 18.5 Å². The highest BCUT2D eigenvalue weighted by atomic mass is 15.1. The van der Waals surface area contributed by atoms with E-state index in [9.17, 15) is 0 Å². The first-order valence-electron chi connectivity index (χ1n) is 8.08. The molecule has 0 aromatic carbocycles. The SMILES string of the molecule is C[C@H]1CNCC2=CCC[C@@H](CNC[C@H](C)NCCN1)N2. The van der Waals surface area contributed by atoms with Gasteiger partial charge in [0.05, 0.1) is 0 Å². The van der Waals surface area contributed by atoms with Crippen LogP contribution in [0.3, 0.4) is 0 Å². The lowest BCUT2D eigenvalue weighted by atomic mass is 10.1. The molecule has 20 heavy (non-hydrogen) atoms. The second-order valence-electron chi connectivity index (χ2n) is 6.15. The zero-order valence-electron chi connectivity index (χ0n) is 13.0. The van der Waals surface area contributed by atoms with Gasteiger partial charge >= 0.3 is 0 Å². The summed E-state index contributed by atoms with van der Waals surface area (Å²) in [7, 11) is 0. The third kappa shape index (κ3) is 5.79. The summed E-state index contributed by atoms with van der Waals surface area (Å²) in [6, 6.07) is 1.61. The van der Waals surface area contributed by atoms with Crippen LogP contribution in [0.5, 0.6) is 0 Å². The van der Waals surface area contributed by atoms with Gasteiger partial charge in [-0.25, -0.2) is 0 Å². The van der Waals surface area contributed by atoms with Gasteiger partial charge in [-0.3, -0.25) is 0 Å². The second kappa shape index (κ2) is 8.62. The standard InChI is InChI=1S/C15H31N5/c1-12-8-16-10-14-4-3-5-15(20-14)11-17-9-13(2)19-7-6-18-12/h4,12-13,15-20H,3,5-11H2,1-2H3/t12-,13-,15-/m0/s1. The summed E-state index contributed by atoms with van der Waals surface area (Å²) < 4.78 is 0. The van der Waals surface area contributed by atoms with E-state index in [0.29, 0.717) is 18.1 Å². The number of hydrogen-bond acceptors (Lipinski definition) is 5. The minimum Gasteiger partial charge on any atom is -0.384 e. The molecule has 1 saturated heterocycles. The van der Waals surface area contributed by atoms with Gasteiger partial charge in [0.15, 0.2) is 0 Å². The molecule has 5 heteroatoms. The van der Waals surface area contributed by atoms with Gasteiger partial charge in [-0.2, -0.15) is 0 Å². The first-order chi connectivity index (χ1) is 9.74. The maximum atomic E-state index is 3.65. The summed E-state index contributed by atoms with van der Waals surface area (Å²) in [6.45, 7) is 10.6. The molecule has 2 bridgehead atoms. The van der Waals surface area contributed by atoms with Gasteiger partial charge in [0, 0.05) is 63.1 Å². The van der Waals surface area contributed by atoms with Crippen molar-refractivity contribution >= 4 is 0 Å². The smallest absolute Gasteiger partial charge is 0.0386 e. The topological polar surface area (TPSA) is 60.1 Å². The van der Waals surface area contributed by atoms with E-state index in [1.54, 1.807) is 0 Å². The third-order valence-electron chi connectivity index (χ3n) is 4.01. The third-order valence-corrected chi connectivity index (χ3v) is 4.01. The van der Waals surface area contributed by atoms with Gasteiger partial charge < -0.3 is 26.6 Å². The Morgan fingerprint density at radius 1 is 0.950 bits per heavy atom. The van der Waals surface area contributed by atoms with Gasteiger partial charge in [-0.1, -0.05) is 6.08 Å². The molecule has 5 N–H and O–H groups in total. The highest BCUT2D eigenvalue weighted by Crippen LogP contribution is 2.08. The van der Waals surface area contributed by atoms with Crippen LogP contribution in [-0.4, -0.2) is 57.4 Å². The minimum atomic E-state index is 0.510. The minimum absolute atomic E-state index is 0.510. The molecule has 0 aliphatic carbocycles. The molecule has 0 radical (unpaired) electrons. The summed E-state index contributed by atoms with van der Waals surface area (Å²) in [4.78, 5) is 0. The molecule has 0 aromatic heterocycles. The van der Waals surface area contributed by atoms with E-state index in [0.717, 1.165) is 39.3 Å². The molecule has 0 amide bonds. The molecule has 116 valence electrons. The fourth-order valence-electron chi connectivity index (χ4n) is 2.81. The number of nitrogens with one attached hydrogen (secondary N) is 5. The van der Waals surface area contributed by atoms with Crippen LogP contribution in [0.15, 0.2) is 11.8 Å². The van der Waals surface area contributed by atoms with Crippen molar-refractivity contribution in [2.24, 2.45) is 0 Å². The first kappa shape index (κ1) is 15.8. The molecule has 5 nitrogen and oxygen atoms in total. The Hall–Kier alpha value is -0.620. The van der Waals surface area contributed by atoms with Crippen LogP contribution in [0.1, 0.15) is 26.7 Å². The quantitative estimate of drug-likeness (QED) is 0.425. The lowest BCUT2D eigenvalue weighted by molar-refractivity contribution is 0.435. The Kier molecular flexibility index (Phi) is 6.79. The average molecular weight is 281 g/mol. The fraction of sp³-hybridized carbons (Fsp3) is 0.867. The van der Waals surface area contributed by atoms with Crippen molar-refractivity contribution in [3.63, 3.8) is 0 Å². The zero-order valence-corrected chi connectivity index (χ0v) is 13.0. The molecule has 0 spiro atoms. The predicted octanol–water partition coefficient (Wildman–Crippen LogP) is -0.229. The molecule has 0 saturated carbocycles. The van der Waals surface area contributed by atoms with Crippen LogP contribution >= 0.6 is 0 Å². The molecule has 0 aromatic rings. The summed E-state index contributed by atoms with van der Waals surface area (Å²) in [5.74, 6) is 0. The molecule has 2 aliphatic rings. The second-order valence-corrected chi connectivity index (χ2v) is 6.15. The van der Waals surface area contributed by atoms with Gasteiger partial charge in [0.2, 0.25) is 0 Å². The van der Waals surface area contributed by atoms with Crippen molar-refractivity contribution < 1.29 is 0 Å². The van der Waals surface area contributed by atoms with Crippen LogP contribution in [-0.2, 0) is 0 Å². The zero-order chi connectivity index (χ0) is 14.2. The first-order valence-corrected chi connectivity index (χ1v) is 8.08. The summed E-state index contributed by atoms with van der Waals surface area (Å²) in [6.07, 6.45) is 4.76. The van der Waals surface area contributed by atoms with Crippen LogP contribution < -0.4 is 26.6 Å². The Morgan fingerprint density at radius 2 is 1.65 bits per heavy atom. The largest absolute Gasteiger partial charge is 0.384 e. The highest BCUT2D eigenvalue weighted by Gasteiger charge is 2.14. The Labute approximate surface area is 123 Å². The summed E-state index contributed by atoms with van der Waals surface area (Å²) >= 11 is 0. The van der Waals surface area contributed by atoms with Crippen LogP contribution in [0, 0.1) is 0 Å². The normalized spacial score (nSPS) is 34.3. The van der Waals surface area contributed by atoms with E-state index in [4.69, 9.17) is 0 Å². The number of hydrogen-bond donors (Lipinski definition) is 5. The van der Waals surface area contributed by atoms with E-state index in [1.807, 2.05) is 0 Å². The lowest BCUT2D eigenvalue weighted by Gasteiger charge is -2.27. The maximum Gasteiger partial charge on any atom is 0.0386 e. The Bertz CT molecular complexity index is 305. The van der Waals surface area contributed by atoms with E-state index >= 15 is 0 Å². The van der Waals surface area contributed by atoms with Crippen molar-refractivity contribution in [3.8, 4) is 0 Å². The number of rotatable bonds is 0. The van der Waals surface area contributed by atoms with Crippen molar-refractivity contribution in [3.05, 3.63) is 11.8 Å². The van der Waals surface area contributed by atoms with Gasteiger partial charge in [0.25, 0.3) is 0 Å². The fourth-order valence-corrected chi connectivity index (χ4v) is 2.81. The van der Waals surface area contributed by atoms with Crippen LogP contribution in [0.25, 0.3) is 0 Å². The molecule has 3 atom stereocenters. The molecule has 2 rings (SSSR count).